The van der Waals surface area contributed by atoms with E-state index in [0.29, 0.717) is 16.3 Å². The summed E-state index contributed by atoms with van der Waals surface area (Å²) in [5.41, 5.74) is 1.75. The summed E-state index contributed by atoms with van der Waals surface area (Å²) in [7, 11) is 0. The number of benzene rings is 2. The zero-order valence-corrected chi connectivity index (χ0v) is 17.4. The Morgan fingerprint density at radius 1 is 1.00 bits per heavy atom. The van der Waals surface area contributed by atoms with Gasteiger partial charge in [-0.25, -0.2) is 0 Å². The van der Waals surface area contributed by atoms with Gasteiger partial charge in [-0.3, -0.25) is 14.9 Å². The summed E-state index contributed by atoms with van der Waals surface area (Å²) in [5.74, 6) is -0.504. The maximum absolute atomic E-state index is 12.1. The zero-order valence-electron chi connectivity index (χ0n) is 15.9. The maximum atomic E-state index is 12.1. The highest BCUT2D eigenvalue weighted by Gasteiger charge is 2.15. The van der Waals surface area contributed by atoms with E-state index in [0.717, 1.165) is 5.56 Å². The van der Waals surface area contributed by atoms with E-state index in [-0.39, 0.29) is 22.5 Å². The summed E-state index contributed by atoms with van der Waals surface area (Å²) in [6, 6.07) is 13.9. The van der Waals surface area contributed by atoms with Crippen molar-refractivity contribution in [2.24, 2.45) is 0 Å². The normalized spacial score (nSPS) is 11.1. The van der Waals surface area contributed by atoms with Crippen molar-refractivity contribution in [3.63, 3.8) is 0 Å². The van der Waals surface area contributed by atoms with E-state index in [4.69, 9.17) is 23.8 Å². The highest BCUT2D eigenvalue weighted by molar-refractivity contribution is 7.80. The first-order valence-corrected chi connectivity index (χ1v) is 9.39. The minimum Gasteiger partial charge on any atom is -0.347 e. The number of thiocarbonyl (C=S) groups is 1. The van der Waals surface area contributed by atoms with Crippen molar-refractivity contribution in [1.29, 1.82) is 0 Å². The van der Waals surface area contributed by atoms with Crippen molar-refractivity contribution in [1.82, 2.24) is 10.6 Å². The van der Waals surface area contributed by atoms with Crippen LogP contribution in [0.5, 0.6) is 0 Å². The van der Waals surface area contributed by atoms with Crippen molar-refractivity contribution >= 4 is 52.5 Å². The highest BCUT2D eigenvalue weighted by atomic mass is 35.5. The number of amides is 2. The van der Waals surface area contributed by atoms with Crippen LogP contribution >= 0.6 is 23.8 Å². The Morgan fingerprint density at radius 2 is 1.61 bits per heavy atom. The molecule has 0 saturated heterocycles. The van der Waals surface area contributed by atoms with Crippen LogP contribution in [-0.4, -0.2) is 22.5 Å². The Hall–Kier alpha value is -2.70. The van der Waals surface area contributed by atoms with Gasteiger partial charge in [-0.1, -0.05) is 23.7 Å². The van der Waals surface area contributed by atoms with Crippen molar-refractivity contribution < 1.29 is 9.59 Å². The molecule has 0 heterocycles. The van der Waals surface area contributed by atoms with Gasteiger partial charge in [0.1, 0.15) is 0 Å². The Kier molecular flexibility index (Phi) is 7.31. The molecule has 0 aliphatic carbocycles. The molecule has 7 heteroatoms. The first kappa shape index (κ1) is 21.6. The molecule has 0 aliphatic heterocycles. The third-order valence-corrected chi connectivity index (χ3v) is 3.88. The summed E-state index contributed by atoms with van der Waals surface area (Å²) in [6.07, 6.45) is 3.05. The number of nitrogens with one attached hydrogen (secondary N) is 3. The predicted molar refractivity (Wildman–Crippen MR) is 119 cm³/mol. The van der Waals surface area contributed by atoms with Gasteiger partial charge in [-0.05, 0) is 81.0 Å². The van der Waals surface area contributed by atoms with Gasteiger partial charge in [-0.2, -0.15) is 0 Å². The number of anilines is 1. The standard InChI is InChI=1S/C21H22ClN3O2S/c1-21(2,3)25-19(27)15-7-11-17(12-8-15)23-20(28)24-18(26)13-6-14-4-9-16(22)10-5-14/h4-13H,1-3H3,(H,25,27)(H2,23,24,26,28)/b13-6+. The molecular formula is C21H22ClN3O2S. The van der Waals surface area contributed by atoms with Crippen molar-refractivity contribution in [2.75, 3.05) is 5.32 Å². The van der Waals surface area contributed by atoms with Crippen LogP contribution in [0, 0.1) is 0 Å². The average molecular weight is 416 g/mol. The van der Waals surface area contributed by atoms with Gasteiger partial charge in [-0.15, -0.1) is 0 Å². The first-order chi connectivity index (χ1) is 13.1. The molecule has 0 radical (unpaired) electrons. The summed E-state index contributed by atoms with van der Waals surface area (Å²) in [5, 5.41) is 9.17. The lowest BCUT2D eigenvalue weighted by Crippen LogP contribution is -2.40. The SMILES string of the molecule is CC(C)(C)NC(=O)c1ccc(NC(=S)NC(=O)/C=C/c2ccc(Cl)cc2)cc1. The second-order valence-corrected chi connectivity index (χ2v) is 7.95. The van der Waals surface area contributed by atoms with E-state index in [2.05, 4.69) is 16.0 Å². The van der Waals surface area contributed by atoms with E-state index < -0.39 is 0 Å². The van der Waals surface area contributed by atoms with Crippen molar-refractivity contribution in [3.05, 3.63) is 70.8 Å². The fourth-order valence-corrected chi connectivity index (χ4v) is 2.52. The highest BCUT2D eigenvalue weighted by Crippen LogP contribution is 2.12. The molecule has 0 aliphatic rings. The van der Waals surface area contributed by atoms with Gasteiger partial charge in [0.15, 0.2) is 5.11 Å². The van der Waals surface area contributed by atoms with E-state index in [1.54, 1.807) is 54.6 Å². The van der Waals surface area contributed by atoms with Crippen LogP contribution in [0.15, 0.2) is 54.6 Å². The molecule has 2 rings (SSSR count). The first-order valence-electron chi connectivity index (χ1n) is 8.60. The summed E-state index contributed by atoms with van der Waals surface area (Å²) < 4.78 is 0. The minimum absolute atomic E-state index is 0.151. The molecule has 28 heavy (non-hydrogen) atoms. The average Bonchev–Trinajstić information content (AvgIpc) is 2.60. The lowest BCUT2D eigenvalue weighted by molar-refractivity contribution is -0.115. The quantitative estimate of drug-likeness (QED) is 0.511. The van der Waals surface area contributed by atoms with Gasteiger partial charge in [0, 0.05) is 27.9 Å². The molecule has 3 N–H and O–H groups in total. The molecule has 0 unspecified atom stereocenters. The molecule has 0 bridgehead atoms. The summed E-state index contributed by atoms with van der Waals surface area (Å²) >= 11 is 11.0. The third kappa shape index (κ3) is 7.50. The van der Waals surface area contributed by atoms with Crippen LogP contribution < -0.4 is 16.0 Å². The Bertz CT molecular complexity index is 885. The third-order valence-electron chi connectivity index (χ3n) is 3.43. The number of carbonyl (C=O) groups excluding carboxylic acids is 2. The molecule has 146 valence electrons. The van der Waals surface area contributed by atoms with Crippen LogP contribution in [0.3, 0.4) is 0 Å². The number of carbonyl (C=O) groups is 2. The number of hydrogen-bond acceptors (Lipinski definition) is 3. The largest absolute Gasteiger partial charge is 0.347 e. The van der Waals surface area contributed by atoms with E-state index in [9.17, 15) is 9.59 Å². The van der Waals surface area contributed by atoms with Crippen LogP contribution in [0.2, 0.25) is 5.02 Å². The maximum Gasteiger partial charge on any atom is 0.251 e. The second-order valence-electron chi connectivity index (χ2n) is 7.11. The van der Waals surface area contributed by atoms with Crippen molar-refractivity contribution in [2.45, 2.75) is 26.3 Å². The second kappa shape index (κ2) is 9.48. The Balaban J connectivity index is 1.87. The van der Waals surface area contributed by atoms with E-state index in [1.165, 1.54) is 6.08 Å². The van der Waals surface area contributed by atoms with Crippen LogP contribution in [0.25, 0.3) is 6.08 Å². The fourth-order valence-electron chi connectivity index (χ4n) is 2.18. The Morgan fingerprint density at radius 3 is 2.18 bits per heavy atom. The molecule has 5 nitrogen and oxygen atoms in total. The smallest absolute Gasteiger partial charge is 0.251 e. The lowest BCUT2D eigenvalue weighted by atomic mass is 10.1. The van der Waals surface area contributed by atoms with Gasteiger partial charge in [0.25, 0.3) is 5.91 Å². The van der Waals surface area contributed by atoms with Crippen LogP contribution in [0.1, 0.15) is 36.7 Å². The molecule has 2 amide bonds. The van der Waals surface area contributed by atoms with E-state index in [1.807, 2.05) is 20.8 Å². The van der Waals surface area contributed by atoms with Gasteiger partial charge >= 0.3 is 0 Å². The predicted octanol–water partition coefficient (Wildman–Crippen LogP) is 4.39. The zero-order chi connectivity index (χ0) is 20.7. The molecule has 2 aromatic rings. The molecule has 0 saturated carbocycles. The molecule has 0 aromatic heterocycles. The Labute approximate surface area is 175 Å². The fraction of sp³-hybridized carbons (Fsp3) is 0.190. The van der Waals surface area contributed by atoms with Gasteiger partial charge < -0.3 is 10.6 Å². The summed E-state index contributed by atoms with van der Waals surface area (Å²) in [6.45, 7) is 5.76. The lowest BCUT2D eigenvalue weighted by Gasteiger charge is -2.20. The number of hydrogen-bond donors (Lipinski definition) is 3. The molecule has 0 atom stereocenters. The van der Waals surface area contributed by atoms with Crippen molar-refractivity contribution in [3.8, 4) is 0 Å². The summed E-state index contributed by atoms with van der Waals surface area (Å²) in [4.78, 5) is 24.1. The van der Waals surface area contributed by atoms with Gasteiger partial charge in [0.05, 0.1) is 0 Å². The minimum atomic E-state index is -0.353. The van der Waals surface area contributed by atoms with Gasteiger partial charge in [0.2, 0.25) is 5.91 Å². The topological polar surface area (TPSA) is 70.2 Å². The van der Waals surface area contributed by atoms with Crippen LogP contribution in [0.4, 0.5) is 5.69 Å². The van der Waals surface area contributed by atoms with Crippen LogP contribution in [-0.2, 0) is 4.79 Å². The number of halogens is 1. The molecule has 0 fully saturated rings. The number of rotatable bonds is 4. The van der Waals surface area contributed by atoms with E-state index >= 15 is 0 Å². The molecular weight excluding hydrogens is 394 g/mol. The molecule has 0 spiro atoms. The molecule has 2 aromatic carbocycles. The monoisotopic (exact) mass is 415 g/mol.